The van der Waals surface area contributed by atoms with E-state index in [2.05, 4.69) is 24.4 Å². The minimum atomic E-state index is -2.44. The van der Waals surface area contributed by atoms with Crippen LogP contribution in [-0.4, -0.2) is 12.5 Å². The molecule has 0 aromatic heterocycles. The Bertz CT molecular complexity index is 354. The van der Waals surface area contributed by atoms with Crippen LogP contribution in [0.25, 0.3) is 0 Å². The normalized spacial score (nSPS) is 21.7. The standard InChI is InChI=1S/C15H21F2N/c1-2-18-14(12-6-4-3-5-7-12)13-8-10-15(16,17)11-9-13/h3-7,13-14,18H,2,8-11H2,1H3. The summed E-state index contributed by atoms with van der Waals surface area (Å²) in [7, 11) is 0. The van der Waals surface area contributed by atoms with Crippen LogP contribution in [0, 0.1) is 5.92 Å². The Morgan fingerprint density at radius 1 is 1.22 bits per heavy atom. The first-order valence-electron chi connectivity index (χ1n) is 6.78. The van der Waals surface area contributed by atoms with Crippen molar-refractivity contribution in [1.29, 1.82) is 0 Å². The Kier molecular flexibility index (Phi) is 4.33. The molecule has 0 radical (unpaired) electrons. The van der Waals surface area contributed by atoms with E-state index in [-0.39, 0.29) is 18.9 Å². The number of halogens is 2. The summed E-state index contributed by atoms with van der Waals surface area (Å²) in [5, 5.41) is 3.45. The molecule has 18 heavy (non-hydrogen) atoms. The number of benzene rings is 1. The van der Waals surface area contributed by atoms with Crippen LogP contribution in [0.5, 0.6) is 0 Å². The Morgan fingerprint density at radius 2 is 1.83 bits per heavy atom. The quantitative estimate of drug-likeness (QED) is 0.849. The van der Waals surface area contributed by atoms with Gasteiger partial charge in [-0.05, 0) is 30.9 Å². The number of nitrogens with one attached hydrogen (secondary N) is 1. The molecule has 1 unspecified atom stereocenters. The van der Waals surface area contributed by atoms with E-state index < -0.39 is 5.92 Å². The van der Waals surface area contributed by atoms with Gasteiger partial charge < -0.3 is 5.32 Å². The number of hydrogen-bond acceptors (Lipinski definition) is 1. The fourth-order valence-electron chi connectivity index (χ4n) is 2.83. The Morgan fingerprint density at radius 3 is 2.39 bits per heavy atom. The topological polar surface area (TPSA) is 12.0 Å². The monoisotopic (exact) mass is 253 g/mol. The first kappa shape index (κ1) is 13.5. The zero-order chi connectivity index (χ0) is 13.0. The molecule has 0 saturated heterocycles. The molecule has 2 rings (SSSR count). The molecule has 1 atom stereocenters. The van der Waals surface area contributed by atoms with E-state index in [1.165, 1.54) is 5.56 Å². The smallest absolute Gasteiger partial charge is 0.248 e. The van der Waals surface area contributed by atoms with E-state index in [4.69, 9.17) is 0 Å². The van der Waals surface area contributed by atoms with Crippen LogP contribution in [0.15, 0.2) is 30.3 Å². The number of hydrogen-bond donors (Lipinski definition) is 1. The molecule has 1 nitrogen and oxygen atoms in total. The Labute approximate surface area is 108 Å². The molecule has 0 heterocycles. The summed E-state index contributed by atoms with van der Waals surface area (Å²) >= 11 is 0. The van der Waals surface area contributed by atoms with E-state index in [1.54, 1.807) is 0 Å². The first-order valence-corrected chi connectivity index (χ1v) is 6.78. The van der Waals surface area contributed by atoms with E-state index in [0.717, 1.165) is 6.54 Å². The lowest BCUT2D eigenvalue weighted by Crippen LogP contribution is -2.34. The third kappa shape index (κ3) is 3.29. The van der Waals surface area contributed by atoms with Gasteiger partial charge in [-0.15, -0.1) is 0 Å². The molecule has 1 aliphatic carbocycles. The number of alkyl halides is 2. The molecule has 0 aliphatic heterocycles. The molecular weight excluding hydrogens is 232 g/mol. The van der Waals surface area contributed by atoms with Crippen molar-refractivity contribution in [1.82, 2.24) is 5.32 Å². The van der Waals surface area contributed by atoms with Gasteiger partial charge in [0.05, 0.1) is 0 Å². The van der Waals surface area contributed by atoms with Crippen molar-refractivity contribution in [3.05, 3.63) is 35.9 Å². The maximum absolute atomic E-state index is 13.2. The van der Waals surface area contributed by atoms with Gasteiger partial charge in [0.25, 0.3) is 0 Å². The Balaban J connectivity index is 2.07. The van der Waals surface area contributed by atoms with Gasteiger partial charge in [0.1, 0.15) is 0 Å². The van der Waals surface area contributed by atoms with Crippen LogP contribution >= 0.6 is 0 Å². The fourth-order valence-corrected chi connectivity index (χ4v) is 2.83. The minimum Gasteiger partial charge on any atom is -0.310 e. The van der Waals surface area contributed by atoms with Crippen LogP contribution in [0.4, 0.5) is 8.78 Å². The summed E-state index contributed by atoms with van der Waals surface area (Å²) in [4.78, 5) is 0. The lowest BCUT2D eigenvalue weighted by atomic mass is 9.79. The molecule has 1 N–H and O–H groups in total. The van der Waals surface area contributed by atoms with Crippen molar-refractivity contribution in [2.24, 2.45) is 5.92 Å². The zero-order valence-electron chi connectivity index (χ0n) is 10.8. The highest BCUT2D eigenvalue weighted by Crippen LogP contribution is 2.41. The van der Waals surface area contributed by atoms with Crippen LogP contribution in [0.3, 0.4) is 0 Å². The van der Waals surface area contributed by atoms with Crippen molar-refractivity contribution in [2.75, 3.05) is 6.54 Å². The predicted octanol–water partition coefficient (Wildman–Crippen LogP) is 4.16. The molecule has 1 aromatic rings. The van der Waals surface area contributed by atoms with Crippen LogP contribution in [0.1, 0.15) is 44.2 Å². The van der Waals surface area contributed by atoms with Crippen molar-refractivity contribution in [3.63, 3.8) is 0 Å². The first-order chi connectivity index (χ1) is 8.62. The van der Waals surface area contributed by atoms with E-state index >= 15 is 0 Å². The zero-order valence-corrected chi connectivity index (χ0v) is 10.8. The minimum absolute atomic E-state index is 0.0341. The van der Waals surface area contributed by atoms with E-state index in [0.29, 0.717) is 18.8 Å². The summed E-state index contributed by atoms with van der Waals surface area (Å²) < 4.78 is 26.4. The van der Waals surface area contributed by atoms with Gasteiger partial charge >= 0.3 is 0 Å². The average Bonchev–Trinajstić information content (AvgIpc) is 2.38. The van der Waals surface area contributed by atoms with Crippen molar-refractivity contribution < 1.29 is 8.78 Å². The summed E-state index contributed by atoms with van der Waals surface area (Å²) in [5.41, 5.74) is 1.22. The summed E-state index contributed by atoms with van der Waals surface area (Å²) in [6, 6.07) is 10.4. The van der Waals surface area contributed by atoms with Gasteiger partial charge in [-0.25, -0.2) is 8.78 Å². The molecule has 1 aliphatic rings. The lowest BCUT2D eigenvalue weighted by Gasteiger charge is -2.34. The second-order valence-corrected chi connectivity index (χ2v) is 5.14. The molecular formula is C15H21F2N. The third-order valence-electron chi connectivity index (χ3n) is 3.82. The molecule has 0 spiro atoms. The number of rotatable bonds is 4. The van der Waals surface area contributed by atoms with Crippen molar-refractivity contribution in [3.8, 4) is 0 Å². The van der Waals surface area contributed by atoms with Crippen LogP contribution in [0.2, 0.25) is 0 Å². The molecule has 0 amide bonds. The average molecular weight is 253 g/mol. The molecule has 3 heteroatoms. The van der Waals surface area contributed by atoms with Gasteiger partial charge in [0, 0.05) is 18.9 Å². The highest BCUT2D eigenvalue weighted by Gasteiger charge is 2.37. The van der Waals surface area contributed by atoms with Crippen molar-refractivity contribution in [2.45, 2.75) is 44.6 Å². The maximum Gasteiger partial charge on any atom is 0.248 e. The third-order valence-corrected chi connectivity index (χ3v) is 3.82. The van der Waals surface area contributed by atoms with Gasteiger partial charge in [0.2, 0.25) is 5.92 Å². The predicted molar refractivity (Wildman–Crippen MR) is 69.8 cm³/mol. The van der Waals surface area contributed by atoms with Gasteiger partial charge in [-0.1, -0.05) is 37.3 Å². The summed E-state index contributed by atoms with van der Waals surface area (Å²) in [6.07, 6.45) is 1.29. The largest absolute Gasteiger partial charge is 0.310 e. The summed E-state index contributed by atoms with van der Waals surface area (Å²) in [6.45, 7) is 2.93. The maximum atomic E-state index is 13.2. The van der Waals surface area contributed by atoms with E-state index in [9.17, 15) is 8.78 Å². The van der Waals surface area contributed by atoms with Crippen LogP contribution < -0.4 is 5.32 Å². The van der Waals surface area contributed by atoms with Crippen LogP contribution in [-0.2, 0) is 0 Å². The second-order valence-electron chi connectivity index (χ2n) is 5.14. The van der Waals surface area contributed by atoms with E-state index in [1.807, 2.05) is 18.2 Å². The molecule has 1 saturated carbocycles. The molecule has 100 valence electrons. The fraction of sp³-hybridized carbons (Fsp3) is 0.600. The SMILES string of the molecule is CCNC(c1ccccc1)C1CCC(F)(F)CC1. The van der Waals surface area contributed by atoms with Gasteiger partial charge in [0.15, 0.2) is 0 Å². The highest BCUT2D eigenvalue weighted by atomic mass is 19.3. The lowest BCUT2D eigenvalue weighted by molar-refractivity contribution is -0.0497. The van der Waals surface area contributed by atoms with Gasteiger partial charge in [-0.3, -0.25) is 0 Å². The Hall–Kier alpha value is -0.960. The highest BCUT2D eigenvalue weighted by molar-refractivity contribution is 5.20. The summed E-state index contributed by atoms with van der Waals surface area (Å²) in [5.74, 6) is -2.11. The van der Waals surface area contributed by atoms with Crippen molar-refractivity contribution >= 4 is 0 Å². The molecule has 1 fully saturated rings. The second kappa shape index (κ2) is 5.79. The molecule has 1 aromatic carbocycles. The molecule has 0 bridgehead atoms. The van der Waals surface area contributed by atoms with Gasteiger partial charge in [-0.2, -0.15) is 0 Å².